The molecule has 0 aliphatic carbocycles. The second-order valence-corrected chi connectivity index (χ2v) is 4.14. The number of hydrogen-bond acceptors (Lipinski definition) is 1. The van der Waals surface area contributed by atoms with Crippen molar-refractivity contribution in [2.24, 2.45) is 5.92 Å². The Morgan fingerprint density at radius 1 is 1.40 bits per heavy atom. The van der Waals surface area contributed by atoms with Gasteiger partial charge in [0.15, 0.2) is 0 Å². The van der Waals surface area contributed by atoms with Gasteiger partial charge in [0.05, 0.1) is 0 Å². The smallest absolute Gasteiger partial charge is 0.135 e. The summed E-state index contributed by atoms with van der Waals surface area (Å²) in [5.74, 6) is 0.113. The Labute approximate surface area is 90.3 Å². The topological polar surface area (TPSA) is 17.1 Å². The lowest BCUT2D eigenvalue weighted by atomic mass is 9.98. The molecule has 0 fully saturated rings. The number of carbonyl (C=O) groups is 1. The molecule has 0 spiro atoms. The van der Waals surface area contributed by atoms with Gasteiger partial charge in [-0.05, 0) is 30.5 Å². The molecule has 0 unspecified atom stereocenters. The molecule has 1 rings (SSSR count). The largest absolute Gasteiger partial charge is 0.299 e. The molecule has 0 bridgehead atoms. The van der Waals surface area contributed by atoms with Crippen LogP contribution in [-0.4, -0.2) is 5.78 Å². The minimum absolute atomic E-state index is 0.0684. The van der Waals surface area contributed by atoms with E-state index in [4.69, 9.17) is 0 Å². The maximum atomic E-state index is 13.2. The molecule has 0 aliphatic rings. The zero-order chi connectivity index (χ0) is 11.4. The molecule has 0 saturated carbocycles. The lowest BCUT2D eigenvalue weighted by Gasteiger charge is -2.07. The van der Waals surface area contributed by atoms with Gasteiger partial charge in [0.2, 0.25) is 0 Å². The average molecular weight is 208 g/mol. The quantitative estimate of drug-likeness (QED) is 0.742. The van der Waals surface area contributed by atoms with Gasteiger partial charge in [-0.25, -0.2) is 4.39 Å². The Kier molecular flexibility index (Phi) is 4.01. The molecule has 0 aliphatic heterocycles. The van der Waals surface area contributed by atoms with Crippen molar-refractivity contribution in [2.75, 3.05) is 0 Å². The fourth-order valence-electron chi connectivity index (χ4n) is 1.47. The van der Waals surface area contributed by atoms with Gasteiger partial charge in [-0.2, -0.15) is 0 Å². The van der Waals surface area contributed by atoms with E-state index in [-0.39, 0.29) is 17.5 Å². The first-order valence-corrected chi connectivity index (χ1v) is 5.29. The molecular weight excluding hydrogens is 191 g/mol. The SMILES string of the molecule is Cc1c(F)cccc1CCC(=O)C(C)C. The molecule has 0 amide bonds. The highest BCUT2D eigenvalue weighted by Crippen LogP contribution is 2.14. The Bertz CT molecular complexity index is 356. The number of Topliss-reactive ketones (excluding diaryl/α,β-unsaturated/α-hetero) is 1. The van der Waals surface area contributed by atoms with Crippen LogP contribution in [0.1, 0.15) is 31.4 Å². The van der Waals surface area contributed by atoms with Crippen LogP contribution >= 0.6 is 0 Å². The number of ketones is 1. The van der Waals surface area contributed by atoms with Crippen LogP contribution in [-0.2, 0) is 11.2 Å². The van der Waals surface area contributed by atoms with E-state index < -0.39 is 0 Å². The lowest BCUT2D eigenvalue weighted by Crippen LogP contribution is -2.08. The third-order valence-corrected chi connectivity index (χ3v) is 2.66. The zero-order valence-corrected chi connectivity index (χ0v) is 9.51. The van der Waals surface area contributed by atoms with Crippen molar-refractivity contribution >= 4 is 5.78 Å². The molecule has 1 aromatic rings. The molecule has 1 nitrogen and oxygen atoms in total. The molecule has 0 atom stereocenters. The fourth-order valence-corrected chi connectivity index (χ4v) is 1.47. The van der Waals surface area contributed by atoms with Crippen LogP contribution in [0.15, 0.2) is 18.2 Å². The molecule has 0 aromatic heterocycles. The minimum atomic E-state index is -0.190. The van der Waals surface area contributed by atoms with Gasteiger partial charge in [0, 0.05) is 12.3 Å². The molecule has 0 radical (unpaired) electrons. The number of hydrogen-bond donors (Lipinski definition) is 0. The standard InChI is InChI=1S/C13H17FO/c1-9(2)13(15)8-7-11-5-4-6-12(14)10(11)3/h4-6,9H,7-8H2,1-3H3. The van der Waals surface area contributed by atoms with E-state index in [0.29, 0.717) is 18.4 Å². The second-order valence-electron chi connectivity index (χ2n) is 4.14. The highest BCUT2D eigenvalue weighted by Gasteiger charge is 2.09. The first-order valence-electron chi connectivity index (χ1n) is 5.29. The minimum Gasteiger partial charge on any atom is -0.299 e. The van der Waals surface area contributed by atoms with Crippen molar-refractivity contribution in [2.45, 2.75) is 33.6 Å². The highest BCUT2D eigenvalue weighted by atomic mass is 19.1. The summed E-state index contributed by atoms with van der Waals surface area (Å²) in [6, 6.07) is 5.02. The van der Waals surface area contributed by atoms with E-state index in [1.807, 2.05) is 19.9 Å². The number of carbonyl (C=O) groups excluding carboxylic acids is 1. The summed E-state index contributed by atoms with van der Waals surface area (Å²) in [6.45, 7) is 5.53. The first kappa shape index (κ1) is 11.9. The molecule has 15 heavy (non-hydrogen) atoms. The summed E-state index contributed by atoms with van der Waals surface area (Å²) in [5, 5.41) is 0. The normalized spacial score (nSPS) is 10.7. The van der Waals surface area contributed by atoms with Crippen LogP contribution in [0.4, 0.5) is 4.39 Å². The van der Waals surface area contributed by atoms with E-state index in [1.165, 1.54) is 6.07 Å². The summed E-state index contributed by atoms with van der Waals surface area (Å²) in [5.41, 5.74) is 1.60. The van der Waals surface area contributed by atoms with E-state index >= 15 is 0 Å². The summed E-state index contributed by atoms with van der Waals surface area (Å²) in [6.07, 6.45) is 1.14. The Hall–Kier alpha value is -1.18. The number of rotatable bonds is 4. The molecule has 2 heteroatoms. The van der Waals surface area contributed by atoms with Crippen LogP contribution in [0.2, 0.25) is 0 Å². The van der Waals surface area contributed by atoms with Crippen molar-refractivity contribution in [1.82, 2.24) is 0 Å². The molecule has 0 saturated heterocycles. The molecular formula is C13H17FO. The average Bonchev–Trinajstić information content (AvgIpc) is 2.19. The van der Waals surface area contributed by atoms with Crippen LogP contribution in [0, 0.1) is 18.7 Å². The van der Waals surface area contributed by atoms with Crippen molar-refractivity contribution < 1.29 is 9.18 Å². The van der Waals surface area contributed by atoms with Gasteiger partial charge in [0.25, 0.3) is 0 Å². The van der Waals surface area contributed by atoms with Crippen LogP contribution in [0.3, 0.4) is 0 Å². The monoisotopic (exact) mass is 208 g/mol. The van der Waals surface area contributed by atoms with Gasteiger partial charge >= 0.3 is 0 Å². The Morgan fingerprint density at radius 2 is 2.07 bits per heavy atom. The predicted octanol–water partition coefficient (Wildman–Crippen LogP) is 3.29. The summed E-state index contributed by atoms with van der Waals surface area (Å²) < 4.78 is 13.2. The number of aryl methyl sites for hydroxylation is 1. The van der Waals surface area contributed by atoms with E-state index in [2.05, 4.69) is 0 Å². The lowest BCUT2D eigenvalue weighted by molar-refractivity contribution is -0.121. The van der Waals surface area contributed by atoms with Crippen molar-refractivity contribution in [3.63, 3.8) is 0 Å². The van der Waals surface area contributed by atoms with E-state index in [9.17, 15) is 9.18 Å². The van der Waals surface area contributed by atoms with Crippen molar-refractivity contribution in [1.29, 1.82) is 0 Å². The summed E-state index contributed by atoms with van der Waals surface area (Å²) >= 11 is 0. The Balaban J connectivity index is 2.66. The third kappa shape index (κ3) is 3.15. The van der Waals surface area contributed by atoms with Gasteiger partial charge in [-0.3, -0.25) is 4.79 Å². The van der Waals surface area contributed by atoms with Crippen LogP contribution in [0.25, 0.3) is 0 Å². The summed E-state index contributed by atoms with van der Waals surface area (Å²) in [4.78, 5) is 11.4. The highest BCUT2D eigenvalue weighted by molar-refractivity contribution is 5.80. The molecule has 1 aromatic carbocycles. The van der Waals surface area contributed by atoms with Gasteiger partial charge < -0.3 is 0 Å². The maximum absolute atomic E-state index is 13.2. The maximum Gasteiger partial charge on any atom is 0.135 e. The van der Waals surface area contributed by atoms with Gasteiger partial charge in [-0.15, -0.1) is 0 Å². The Morgan fingerprint density at radius 3 is 2.67 bits per heavy atom. The van der Waals surface area contributed by atoms with Crippen LogP contribution in [0.5, 0.6) is 0 Å². The fraction of sp³-hybridized carbons (Fsp3) is 0.462. The molecule has 0 N–H and O–H groups in total. The van der Waals surface area contributed by atoms with Gasteiger partial charge in [0.1, 0.15) is 11.6 Å². The van der Waals surface area contributed by atoms with Crippen molar-refractivity contribution in [3.05, 3.63) is 35.1 Å². The van der Waals surface area contributed by atoms with E-state index in [1.54, 1.807) is 13.0 Å². The summed E-state index contributed by atoms with van der Waals surface area (Å²) in [7, 11) is 0. The van der Waals surface area contributed by atoms with Gasteiger partial charge in [-0.1, -0.05) is 26.0 Å². The van der Waals surface area contributed by atoms with E-state index in [0.717, 1.165) is 5.56 Å². The first-order chi connectivity index (χ1) is 7.02. The molecule has 82 valence electrons. The third-order valence-electron chi connectivity index (χ3n) is 2.66. The van der Waals surface area contributed by atoms with Crippen LogP contribution < -0.4 is 0 Å². The second kappa shape index (κ2) is 5.06. The number of halogens is 1. The molecule has 0 heterocycles. The van der Waals surface area contributed by atoms with Crippen molar-refractivity contribution in [3.8, 4) is 0 Å². The predicted molar refractivity (Wildman–Crippen MR) is 59.3 cm³/mol. The zero-order valence-electron chi connectivity index (χ0n) is 9.51. The number of benzene rings is 1.